The molecule has 0 aromatic rings. The molecule has 27 heavy (non-hydrogen) atoms. The Morgan fingerprint density at radius 1 is 1.04 bits per heavy atom. The van der Waals surface area contributed by atoms with E-state index in [4.69, 9.17) is 4.74 Å². The van der Waals surface area contributed by atoms with Crippen LogP contribution in [0.3, 0.4) is 0 Å². The van der Waals surface area contributed by atoms with Gasteiger partial charge in [-0.25, -0.2) is 0 Å². The van der Waals surface area contributed by atoms with Gasteiger partial charge in [-0.2, -0.15) is 0 Å². The molecule has 156 valence electrons. The SMILES string of the molecule is CC[C@]12CC[C@](O)(COC)C[C@@H]1CC[C@@H]1C2CC[C@@]2(C)C1CC[C@@H]2C(C)O. The van der Waals surface area contributed by atoms with Gasteiger partial charge in [-0.15, -0.1) is 0 Å². The Labute approximate surface area is 166 Å². The second-order valence-electron chi connectivity index (χ2n) is 11.1. The van der Waals surface area contributed by atoms with Gasteiger partial charge >= 0.3 is 0 Å². The molecule has 0 radical (unpaired) electrons. The first-order valence-corrected chi connectivity index (χ1v) is 11.7. The van der Waals surface area contributed by atoms with E-state index in [1.807, 2.05) is 6.92 Å². The first-order chi connectivity index (χ1) is 12.8. The zero-order chi connectivity index (χ0) is 19.4. The van der Waals surface area contributed by atoms with E-state index in [9.17, 15) is 10.2 Å². The van der Waals surface area contributed by atoms with Gasteiger partial charge in [0.2, 0.25) is 0 Å². The van der Waals surface area contributed by atoms with Crippen molar-refractivity contribution in [3.05, 3.63) is 0 Å². The van der Waals surface area contributed by atoms with Crippen LogP contribution >= 0.6 is 0 Å². The molecular weight excluding hydrogens is 336 g/mol. The van der Waals surface area contributed by atoms with Gasteiger partial charge in [0, 0.05) is 7.11 Å². The number of aliphatic hydroxyl groups excluding tert-OH is 1. The minimum absolute atomic E-state index is 0.160. The average Bonchev–Trinajstić information content (AvgIpc) is 2.99. The molecule has 3 heteroatoms. The lowest BCUT2D eigenvalue weighted by Gasteiger charge is -2.63. The summed E-state index contributed by atoms with van der Waals surface area (Å²) in [5.41, 5.74) is 0.189. The molecule has 0 bridgehead atoms. The summed E-state index contributed by atoms with van der Waals surface area (Å²) in [7, 11) is 1.72. The number of methoxy groups -OCH3 is 1. The van der Waals surface area contributed by atoms with Gasteiger partial charge in [-0.1, -0.05) is 13.8 Å². The monoisotopic (exact) mass is 378 g/mol. The summed E-state index contributed by atoms with van der Waals surface area (Å²) in [4.78, 5) is 0. The zero-order valence-electron chi connectivity index (χ0n) is 18.0. The van der Waals surface area contributed by atoms with Crippen molar-refractivity contribution in [3.63, 3.8) is 0 Å². The van der Waals surface area contributed by atoms with Crippen molar-refractivity contribution in [2.75, 3.05) is 13.7 Å². The smallest absolute Gasteiger partial charge is 0.0883 e. The third-order valence-corrected chi connectivity index (χ3v) is 10.2. The lowest BCUT2D eigenvalue weighted by atomic mass is 9.42. The van der Waals surface area contributed by atoms with Gasteiger partial charge in [-0.05, 0) is 112 Å². The molecule has 0 aliphatic heterocycles. The van der Waals surface area contributed by atoms with E-state index in [0.29, 0.717) is 29.3 Å². The van der Waals surface area contributed by atoms with Crippen molar-refractivity contribution >= 4 is 0 Å². The normalized spacial score (nSPS) is 53.3. The molecule has 0 amide bonds. The number of hydrogen-bond acceptors (Lipinski definition) is 3. The van der Waals surface area contributed by atoms with Gasteiger partial charge in [0.25, 0.3) is 0 Å². The molecule has 4 aliphatic rings. The maximum absolute atomic E-state index is 11.1. The van der Waals surface area contributed by atoms with Crippen LogP contribution in [0.2, 0.25) is 0 Å². The van der Waals surface area contributed by atoms with Crippen LogP contribution in [0.5, 0.6) is 0 Å². The summed E-state index contributed by atoms with van der Waals surface area (Å²) in [6.45, 7) is 7.43. The standard InChI is InChI=1S/C24H42O3/c1-5-24-13-12-23(26,15-27-4)14-17(24)6-7-18-20-9-8-19(16(2)25)22(20,3)11-10-21(18)24/h16-21,25-26H,5-15H2,1-4H3/t16?,17-,18-,19+,20?,21?,22+,23+,24-/m0/s1. The number of ether oxygens (including phenoxy) is 1. The van der Waals surface area contributed by atoms with E-state index < -0.39 is 5.60 Å². The Hall–Kier alpha value is -0.120. The first kappa shape index (κ1) is 20.2. The Kier molecular flexibility index (Phi) is 5.22. The van der Waals surface area contributed by atoms with Crippen molar-refractivity contribution < 1.29 is 14.9 Å². The van der Waals surface area contributed by atoms with Crippen LogP contribution in [0.4, 0.5) is 0 Å². The van der Waals surface area contributed by atoms with Crippen LogP contribution in [0.15, 0.2) is 0 Å². The van der Waals surface area contributed by atoms with E-state index in [1.165, 1.54) is 51.4 Å². The van der Waals surface area contributed by atoms with Crippen molar-refractivity contribution in [2.45, 2.75) is 96.7 Å². The summed E-state index contributed by atoms with van der Waals surface area (Å²) in [5, 5.41) is 21.5. The van der Waals surface area contributed by atoms with Crippen molar-refractivity contribution in [1.82, 2.24) is 0 Å². The molecule has 0 saturated heterocycles. The van der Waals surface area contributed by atoms with E-state index in [0.717, 1.165) is 30.6 Å². The summed E-state index contributed by atoms with van der Waals surface area (Å²) in [6, 6.07) is 0. The number of rotatable bonds is 4. The van der Waals surface area contributed by atoms with Crippen molar-refractivity contribution in [1.29, 1.82) is 0 Å². The highest BCUT2D eigenvalue weighted by Gasteiger charge is 2.62. The lowest BCUT2D eigenvalue weighted by molar-refractivity contribution is -0.172. The van der Waals surface area contributed by atoms with Gasteiger partial charge < -0.3 is 14.9 Å². The maximum atomic E-state index is 11.1. The van der Waals surface area contributed by atoms with Crippen molar-refractivity contribution in [2.24, 2.45) is 40.4 Å². The molecule has 0 aromatic carbocycles. The highest BCUT2D eigenvalue weighted by atomic mass is 16.5. The molecule has 0 heterocycles. The van der Waals surface area contributed by atoms with Gasteiger partial charge in [0.05, 0.1) is 18.3 Å². The van der Waals surface area contributed by atoms with Crippen LogP contribution in [0.1, 0.15) is 85.0 Å². The van der Waals surface area contributed by atoms with Crippen LogP contribution < -0.4 is 0 Å². The fourth-order valence-corrected chi connectivity index (χ4v) is 9.07. The highest BCUT2D eigenvalue weighted by molar-refractivity contribution is 5.11. The second-order valence-corrected chi connectivity index (χ2v) is 11.1. The minimum atomic E-state index is -0.598. The van der Waals surface area contributed by atoms with Crippen LogP contribution in [0, 0.1) is 40.4 Å². The summed E-state index contributed by atoms with van der Waals surface area (Å²) in [5.74, 6) is 3.64. The van der Waals surface area contributed by atoms with Crippen LogP contribution in [0.25, 0.3) is 0 Å². The van der Waals surface area contributed by atoms with E-state index in [2.05, 4.69) is 13.8 Å². The molecule has 9 atom stereocenters. The highest BCUT2D eigenvalue weighted by Crippen LogP contribution is 2.69. The summed E-state index contributed by atoms with van der Waals surface area (Å²) in [6.07, 6.45) is 11.9. The molecule has 3 nitrogen and oxygen atoms in total. The lowest BCUT2D eigenvalue weighted by Crippen LogP contribution is -2.57. The second kappa shape index (κ2) is 6.99. The molecule has 3 unspecified atom stereocenters. The van der Waals surface area contributed by atoms with Gasteiger partial charge in [0.1, 0.15) is 0 Å². The predicted octanol–water partition coefficient (Wildman–Crippen LogP) is 4.79. The van der Waals surface area contributed by atoms with E-state index in [1.54, 1.807) is 7.11 Å². The quantitative estimate of drug-likeness (QED) is 0.739. The fourth-order valence-electron chi connectivity index (χ4n) is 9.07. The molecule has 0 aromatic heterocycles. The Morgan fingerprint density at radius 3 is 2.48 bits per heavy atom. The zero-order valence-corrected chi connectivity index (χ0v) is 18.0. The Bertz CT molecular complexity index is 548. The first-order valence-electron chi connectivity index (χ1n) is 11.7. The molecule has 4 fully saturated rings. The minimum Gasteiger partial charge on any atom is -0.393 e. The predicted molar refractivity (Wildman–Crippen MR) is 108 cm³/mol. The van der Waals surface area contributed by atoms with Crippen LogP contribution in [-0.2, 0) is 4.74 Å². The van der Waals surface area contributed by atoms with Gasteiger partial charge in [0.15, 0.2) is 0 Å². The molecular formula is C24H42O3. The molecule has 4 rings (SSSR count). The Balaban J connectivity index is 1.59. The number of fused-ring (bicyclic) bond motifs is 5. The summed E-state index contributed by atoms with van der Waals surface area (Å²) < 4.78 is 5.37. The fraction of sp³-hybridized carbons (Fsp3) is 1.00. The van der Waals surface area contributed by atoms with Gasteiger partial charge in [-0.3, -0.25) is 0 Å². The molecule has 2 N–H and O–H groups in total. The van der Waals surface area contributed by atoms with Crippen LogP contribution in [-0.4, -0.2) is 35.6 Å². The Morgan fingerprint density at radius 2 is 1.81 bits per heavy atom. The van der Waals surface area contributed by atoms with E-state index >= 15 is 0 Å². The number of hydrogen-bond donors (Lipinski definition) is 2. The number of aliphatic hydroxyl groups is 2. The molecule has 4 aliphatic carbocycles. The third kappa shape index (κ3) is 2.94. The van der Waals surface area contributed by atoms with E-state index in [-0.39, 0.29) is 6.10 Å². The third-order valence-electron chi connectivity index (χ3n) is 10.2. The average molecular weight is 379 g/mol. The van der Waals surface area contributed by atoms with Crippen molar-refractivity contribution in [3.8, 4) is 0 Å². The maximum Gasteiger partial charge on any atom is 0.0883 e. The largest absolute Gasteiger partial charge is 0.393 e. The molecule has 4 saturated carbocycles. The topological polar surface area (TPSA) is 49.7 Å². The molecule has 0 spiro atoms. The summed E-state index contributed by atoms with van der Waals surface area (Å²) >= 11 is 0.